The summed E-state index contributed by atoms with van der Waals surface area (Å²) in [7, 11) is 2.22. The van der Waals surface area contributed by atoms with Gasteiger partial charge in [-0.2, -0.15) is 0 Å². The van der Waals surface area contributed by atoms with Gasteiger partial charge in [0.1, 0.15) is 0 Å². The largest absolute Gasteiger partial charge is 0.306 e. The summed E-state index contributed by atoms with van der Waals surface area (Å²) in [5.41, 5.74) is 1.54. The Morgan fingerprint density at radius 1 is 1.46 bits per heavy atom. The summed E-state index contributed by atoms with van der Waals surface area (Å²) in [4.78, 5) is 2.42. The third kappa shape index (κ3) is 2.61. The van der Waals surface area contributed by atoms with Crippen LogP contribution in [-0.4, -0.2) is 30.8 Å². The van der Waals surface area contributed by atoms with Crippen molar-refractivity contribution < 1.29 is 0 Å². The molecule has 13 heavy (non-hydrogen) atoms. The summed E-state index contributed by atoms with van der Waals surface area (Å²) in [6, 6.07) is 0. The Kier molecular flexibility index (Phi) is 3.12. The lowest BCUT2D eigenvalue weighted by molar-refractivity contribution is 0.244. The third-order valence-electron chi connectivity index (χ3n) is 2.84. The quantitative estimate of drug-likeness (QED) is 0.632. The first-order valence-electron chi connectivity index (χ1n) is 5.02. The molecule has 0 aromatic carbocycles. The minimum atomic E-state index is 0.842. The van der Waals surface area contributed by atoms with Crippen LogP contribution in [0.1, 0.15) is 12.8 Å². The molecular weight excluding hydrogens is 178 g/mol. The molecule has 0 unspecified atom stereocenters. The van der Waals surface area contributed by atoms with E-state index in [0.717, 1.165) is 5.92 Å². The van der Waals surface area contributed by atoms with Crippen molar-refractivity contribution in [1.82, 2.24) is 4.90 Å². The predicted molar refractivity (Wildman–Crippen MR) is 59.9 cm³/mol. The van der Waals surface area contributed by atoms with E-state index in [9.17, 15) is 0 Å². The van der Waals surface area contributed by atoms with E-state index in [2.05, 4.69) is 29.5 Å². The highest BCUT2D eigenvalue weighted by Gasteiger charge is 2.15. The first-order chi connectivity index (χ1) is 6.34. The highest BCUT2D eigenvalue weighted by atomic mass is 32.2. The number of rotatable bonds is 1. The van der Waals surface area contributed by atoms with E-state index >= 15 is 0 Å². The Morgan fingerprint density at radius 3 is 2.85 bits per heavy atom. The lowest BCUT2D eigenvalue weighted by Crippen LogP contribution is -2.29. The Balaban J connectivity index is 1.88. The van der Waals surface area contributed by atoms with Gasteiger partial charge in [-0.15, -0.1) is 11.8 Å². The van der Waals surface area contributed by atoms with Crippen LogP contribution in [0.5, 0.6) is 0 Å². The van der Waals surface area contributed by atoms with Gasteiger partial charge in [0.15, 0.2) is 0 Å². The SMILES string of the molecule is CN1CCC(C=C2C=CSC2)CC1. The van der Waals surface area contributed by atoms with E-state index in [1.165, 1.54) is 31.7 Å². The third-order valence-corrected chi connectivity index (χ3v) is 3.67. The van der Waals surface area contributed by atoms with E-state index in [1.807, 2.05) is 11.8 Å². The van der Waals surface area contributed by atoms with Crippen molar-refractivity contribution in [3.63, 3.8) is 0 Å². The summed E-state index contributed by atoms with van der Waals surface area (Å²) in [6.07, 6.45) is 7.45. The average molecular weight is 195 g/mol. The van der Waals surface area contributed by atoms with Gasteiger partial charge in [-0.05, 0) is 49.9 Å². The van der Waals surface area contributed by atoms with Crippen LogP contribution in [0.25, 0.3) is 0 Å². The molecule has 2 aliphatic rings. The van der Waals surface area contributed by atoms with Crippen LogP contribution in [0.15, 0.2) is 23.1 Å². The molecule has 0 amide bonds. The fourth-order valence-electron chi connectivity index (χ4n) is 1.93. The Bertz CT molecular complexity index is 224. The van der Waals surface area contributed by atoms with Crippen LogP contribution >= 0.6 is 11.8 Å². The number of allylic oxidation sites excluding steroid dienone is 2. The lowest BCUT2D eigenvalue weighted by atomic mass is 9.95. The molecule has 2 heterocycles. The number of hydrogen-bond donors (Lipinski definition) is 0. The number of thioether (sulfide) groups is 1. The lowest BCUT2D eigenvalue weighted by Gasteiger charge is -2.27. The number of piperidine rings is 1. The van der Waals surface area contributed by atoms with Crippen molar-refractivity contribution in [2.24, 2.45) is 5.92 Å². The second kappa shape index (κ2) is 4.34. The molecule has 0 atom stereocenters. The smallest absolute Gasteiger partial charge is 0.0223 e. The Morgan fingerprint density at radius 2 is 2.23 bits per heavy atom. The molecule has 72 valence electrons. The standard InChI is InChI=1S/C11H17NS/c1-12-5-2-10(3-6-12)8-11-4-7-13-9-11/h4,7-8,10H,2-3,5-6,9H2,1H3. The molecule has 0 saturated carbocycles. The van der Waals surface area contributed by atoms with E-state index in [-0.39, 0.29) is 0 Å². The van der Waals surface area contributed by atoms with Gasteiger partial charge in [0.25, 0.3) is 0 Å². The monoisotopic (exact) mass is 195 g/mol. The summed E-state index contributed by atoms with van der Waals surface area (Å²) < 4.78 is 0. The van der Waals surface area contributed by atoms with Crippen LogP contribution in [0.2, 0.25) is 0 Å². The predicted octanol–water partition coefficient (Wildman–Crippen LogP) is 2.52. The Hall–Kier alpha value is -0.210. The van der Waals surface area contributed by atoms with E-state index < -0.39 is 0 Å². The first-order valence-corrected chi connectivity index (χ1v) is 6.07. The van der Waals surface area contributed by atoms with E-state index in [4.69, 9.17) is 0 Å². The molecule has 0 bridgehead atoms. The molecular formula is C11H17NS. The molecule has 0 aromatic rings. The van der Waals surface area contributed by atoms with Crippen LogP contribution in [0.3, 0.4) is 0 Å². The second-order valence-electron chi connectivity index (χ2n) is 4.00. The number of likely N-dealkylation sites (tertiary alicyclic amines) is 1. The van der Waals surface area contributed by atoms with Gasteiger partial charge in [0.05, 0.1) is 0 Å². The molecule has 1 nitrogen and oxygen atoms in total. The van der Waals surface area contributed by atoms with Crippen molar-refractivity contribution in [1.29, 1.82) is 0 Å². The summed E-state index contributed by atoms with van der Waals surface area (Å²) in [5, 5.41) is 2.21. The normalized spacial score (nSPS) is 28.8. The molecule has 0 spiro atoms. The zero-order chi connectivity index (χ0) is 9.10. The van der Waals surface area contributed by atoms with Crippen LogP contribution in [0, 0.1) is 5.92 Å². The van der Waals surface area contributed by atoms with Crippen molar-refractivity contribution in [3.8, 4) is 0 Å². The maximum Gasteiger partial charge on any atom is 0.0223 e. The van der Waals surface area contributed by atoms with Crippen LogP contribution in [0.4, 0.5) is 0 Å². The summed E-state index contributed by atoms with van der Waals surface area (Å²) in [6.45, 7) is 2.54. The molecule has 2 heteroatoms. The average Bonchev–Trinajstić information content (AvgIpc) is 2.62. The van der Waals surface area contributed by atoms with E-state index in [1.54, 1.807) is 5.57 Å². The maximum atomic E-state index is 2.49. The molecule has 2 rings (SSSR count). The second-order valence-corrected chi connectivity index (χ2v) is 4.89. The van der Waals surface area contributed by atoms with Gasteiger partial charge in [-0.1, -0.05) is 12.2 Å². The zero-order valence-corrected chi connectivity index (χ0v) is 9.02. The van der Waals surface area contributed by atoms with Crippen molar-refractivity contribution in [2.45, 2.75) is 12.8 Å². The highest BCUT2D eigenvalue weighted by molar-refractivity contribution is 8.02. The number of hydrogen-bond acceptors (Lipinski definition) is 2. The molecule has 1 saturated heterocycles. The first kappa shape index (κ1) is 9.35. The molecule has 0 N–H and O–H groups in total. The fourth-order valence-corrected chi connectivity index (χ4v) is 2.68. The van der Waals surface area contributed by atoms with Gasteiger partial charge < -0.3 is 4.90 Å². The number of nitrogens with zero attached hydrogens (tertiary/aromatic N) is 1. The molecule has 1 fully saturated rings. The Labute approximate surface area is 84.9 Å². The van der Waals surface area contributed by atoms with Crippen LogP contribution < -0.4 is 0 Å². The zero-order valence-electron chi connectivity index (χ0n) is 8.20. The molecule has 2 aliphatic heterocycles. The topological polar surface area (TPSA) is 3.24 Å². The van der Waals surface area contributed by atoms with E-state index in [0.29, 0.717) is 0 Å². The van der Waals surface area contributed by atoms with Gasteiger partial charge in [-0.25, -0.2) is 0 Å². The fraction of sp³-hybridized carbons (Fsp3) is 0.636. The van der Waals surface area contributed by atoms with Gasteiger partial charge in [0, 0.05) is 5.75 Å². The highest BCUT2D eigenvalue weighted by Crippen LogP contribution is 2.24. The minimum Gasteiger partial charge on any atom is -0.306 e. The van der Waals surface area contributed by atoms with Gasteiger partial charge in [-0.3, -0.25) is 0 Å². The van der Waals surface area contributed by atoms with Gasteiger partial charge >= 0.3 is 0 Å². The van der Waals surface area contributed by atoms with Crippen molar-refractivity contribution in [2.75, 3.05) is 25.9 Å². The molecule has 0 aliphatic carbocycles. The van der Waals surface area contributed by atoms with Gasteiger partial charge in [0.2, 0.25) is 0 Å². The molecule has 0 radical (unpaired) electrons. The summed E-state index contributed by atoms with van der Waals surface area (Å²) >= 11 is 1.91. The van der Waals surface area contributed by atoms with Crippen LogP contribution in [-0.2, 0) is 0 Å². The summed E-state index contributed by atoms with van der Waals surface area (Å²) in [5.74, 6) is 2.04. The van der Waals surface area contributed by atoms with Crippen molar-refractivity contribution in [3.05, 3.63) is 23.1 Å². The maximum absolute atomic E-state index is 2.49. The molecule has 0 aromatic heterocycles. The van der Waals surface area contributed by atoms with Crippen molar-refractivity contribution >= 4 is 11.8 Å². The minimum absolute atomic E-state index is 0.842.